The summed E-state index contributed by atoms with van der Waals surface area (Å²) >= 11 is 1.61. The zero-order valence-electron chi connectivity index (χ0n) is 7.97. The molecule has 2 aromatic rings. The summed E-state index contributed by atoms with van der Waals surface area (Å²) in [6.07, 6.45) is 0. The van der Waals surface area contributed by atoms with Crippen LogP contribution in [-0.2, 0) is 0 Å². The van der Waals surface area contributed by atoms with Crippen molar-refractivity contribution in [2.24, 2.45) is 0 Å². The number of hydrogen-bond donors (Lipinski definition) is 0. The molecule has 0 atom stereocenters. The van der Waals surface area contributed by atoms with Crippen LogP contribution >= 0.6 is 11.8 Å². The second-order valence-electron chi connectivity index (χ2n) is 2.97. The van der Waals surface area contributed by atoms with Crippen molar-refractivity contribution < 1.29 is 0 Å². The van der Waals surface area contributed by atoms with Gasteiger partial charge in [-0.05, 0) is 30.3 Å². The molecule has 0 N–H and O–H groups in total. The van der Waals surface area contributed by atoms with Gasteiger partial charge in [0, 0.05) is 9.79 Å². The van der Waals surface area contributed by atoms with Crippen LogP contribution in [0.5, 0.6) is 0 Å². The number of rotatable bonds is 2. The molecule has 1 nitrogen and oxygen atoms in total. The Hall–Kier alpha value is -1.72. The minimum atomic E-state index is 0.673. The summed E-state index contributed by atoms with van der Waals surface area (Å²) in [4.78, 5) is 2.13. The van der Waals surface area contributed by atoms with E-state index in [0.29, 0.717) is 5.56 Å². The first-order chi connectivity index (χ1) is 7.38. The summed E-state index contributed by atoms with van der Waals surface area (Å²) in [7, 11) is 0. The maximum atomic E-state index is 8.75. The minimum Gasteiger partial charge on any atom is -0.192 e. The van der Waals surface area contributed by atoms with Crippen molar-refractivity contribution in [3.63, 3.8) is 0 Å². The van der Waals surface area contributed by atoms with Gasteiger partial charge in [-0.15, -0.1) is 0 Å². The van der Waals surface area contributed by atoms with Crippen LogP contribution in [0.15, 0.2) is 58.3 Å². The van der Waals surface area contributed by atoms with E-state index < -0.39 is 0 Å². The lowest BCUT2D eigenvalue weighted by molar-refractivity contribution is 1.37. The Morgan fingerprint density at radius 1 is 1.13 bits per heavy atom. The van der Waals surface area contributed by atoms with Gasteiger partial charge in [-0.3, -0.25) is 0 Å². The SMILES string of the molecule is N#Cc1cc[c]c(Sc2ccccc2)c1. The van der Waals surface area contributed by atoms with Crippen molar-refractivity contribution >= 4 is 11.8 Å². The Balaban J connectivity index is 2.22. The third-order valence-electron chi connectivity index (χ3n) is 1.88. The van der Waals surface area contributed by atoms with E-state index in [1.54, 1.807) is 23.9 Å². The van der Waals surface area contributed by atoms with E-state index in [9.17, 15) is 0 Å². The first-order valence-electron chi connectivity index (χ1n) is 4.53. The third kappa shape index (κ3) is 2.61. The van der Waals surface area contributed by atoms with Crippen LogP contribution in [0.1, 0.15) is 5.56 Å². The molecular weight excluding hydrogens is 202 g/mol. The Bertz CT molecular complexity index is 485. The molecule has 0 aliphatic rings. The van der Waals surface area contributed by atoms with E-state index >= 15 is 0 Å². The second kappa shape index (κ2) is 4.68. The third-order valence-corrected chi connectivity index (χ3v) is 2.84. The van der Waals surface area contributed by atoms with Crippen LogP contribution in [-0.4, -0.2) is 0 Å². The van der Waals surface area contributed by atoms with Crippen molar-refractivity contribution in [1.82, 2.24) is 0 Å². The summed E-state index contributed by atoms with van der Waals surface area (Å²) in [5, 5.41) is 8.75. The molecule has 0 aliphatic heterocycles. The molecule has 0 aliphatic carbocycles. The van der Waals surface area contributed by atoms with Crippen molar-refractivity contribution in [3.05, 3.63) is 60.2 Å². The molecule has 0 bridgehead atoms. The molecule has 2 heteroatoms. The Labute approximate surface area is 93.4 Å². The molecule has 0 fully saturated rings. The van der Waals surface area contributed by atoms with E-state index in [2.05, 4.69) is 12.1 Å². The predicted molar refractivity (Wildman–Crippen MR) is 60.6 cm³/mol. The summed E-state index contributed by atoms with van der Waals surface area (Å²) in [5.41, 5.74) is 0.673. The van der Waals surface area contributed by atoms with E-state index in [1.807, 2.05) is 36.4 Å². The number of hydrogen-bond acceptors (Lipinski definition) is 2. The maximum Gasteiger partial charge on any atom is 0.0992 e. The quantitative estimate of drug-likeness (QED) is 0.757. The van der Waals surface area contributed by atoms with Crippen LogP contribution < -0.4 is 0 Å². The van der Waals surface area contributed by atoms with Crippen LogP contribution in [0, 0.1) is 17.4 Å². The van der Waals surface area contributed by atoms with Crippen LogP contribution in [0.25, 0.3) is 0 Å². The highest BCUT2D eigenvalue weighted by molar-refractivity contribution is 7.99. The summed E-state index contributed by atoms with van der Waals surface area (Å²) < 4.78 is 0. The van der Waals surface area contributed by atoms with Gasteiger partial charge in [0.1, 0.15) is 0 Å². The lowest BCUT2D eigenvalue weighted by atomic mass is 10.2. The molecule has 0 amide bonds. The zero-order valence-corrected chi connectivity index (χ0v) is 8.79. The average Bonchev–Trinajstić information content (AvgIpc) is 2.31. The topological polar surface area (TPSA) is 23.8 Å². The summed E-state index contributed by atoms with van der Waals surface area (Å²) in [6.45, 7) is 0. The number of nitrogens with zero attached hydrogens (tertiary/aromatic N) is 1. The fourth-order valence-corrected chi connectivity index (χ4v) is 2.05. The lowest BCUT2D eigenvalue weighted by Gasteiger charge is -2.00. The van der Waals surface area contributed by atoms with Crippen LogP contribution in [0.4, 0.5) is 0 Å². The molecule has 0 heterocycles. The molecule has 15 heavy (non-hydrogen) atoms. The molecule has 0 saturated heterocycles. The molecule has 1 radical (unpaired) electrons. The standard InChI is InChI=1S/C13H8NS/c14-10-11-5-4-8-13(9-11)15-12-6-2-1-3-7-12/h1-7,9H. The smallest absolute Gasteiger partial charge is 0.0992 e. The van der Waals surface area contributed by atoms with Gasteiger partial charge >= 0.3 is 0 Å². The molecular formula is C13H8NS. The Morgan fingerprint density at radius 2 is 1.93 bits per heavy atom. The summed E-state index contributed by atoms with van der Waals surface area (Å²) in [5.74, 6) is 0. The van der Waals surface area contributed by atoms with Gasteiger partial charge in [0.15, 0.2) is 0 Å². The first-order valence-corrected chi connectivity index (χ1v) is 5.35. The van der Waals surface area contributed by atoms with E-state index in [4.69, 9.17) is 5.26 Å². The van der Waals surface area contributed by atoms with Crippen LogP contribution in [0.2, 0.25) is 0 Å². The van der Waals surface area contributed by atoms with Gasteiger partial charge in [0.2, 0.25) is 0 Å². The average molecular weight is 210 g/mol. The van der Waals surface area contributed by atoms with Gasteiger partial charge in [0.25, 0.3) is 0 Å². The fraction of sp³-hybridized carbons (Fsp3) is 0. The first kappa shape index (κ1) is 9.82. The van der Waals surface area contributed by atoms with Crippen molar-refractivity contribution in [1.29, 1.82) is 5.26 Å². The highest BCUT2D eigenvalue weighted by atomic mass is 32.2. The Morgan fingerprint density at radius 3 is 2.67 bits per heavy atom. The van der Waals surface area contributed by atoms with Gasteiger partial charge < -0.3 is 0 Å². The van der Waals surface area contributed by atoms with Crippen molar-refractivity contribution in [2.45, 2.75) is 9.79 Å². The second-order valence-corrected chi connectivity index (χ2v) is 4.08. The van der Waals surface area contributed by atoms with Gasteiger partial charge in [-0.2, -0.15) is 5.26 Å². The maximum absolute atomic E-state index is 8.75. The lowest BCUT2D eigenvalue weighted by Crippen LogP contribution is -1.76. The molecule has 2 aromatic carbocycles. The fourth-order valence-electron chi connectivity index (χ4n) is 1.19. The zero-order chi connectivity index (χ0) is 10.5. The van der Waals surface area contributed by atoms with Crippen LogP contribution in [0.3, 0.4) is 0 Å². The minimum absolute atomic E-state index is 0.673. The van der Waals surface area contributed by atoms with Gasteiger partial charge in [0.05, 0.1) is 11.6 Å². The summed E-state index contributed by atoms with van der Waals surface area (Å²) in [6, 6.07) is 20.7. The van der Waals surface area contributed by atoms with Crippen molar-refractivity contribution in [2.75, 3.05) is 0 Å². The molecule has 0 spiro atoms. The van der Waals surface area contributed by atoms with E-state index in [-0.39, 0.29) is 0 Å². The van der Waals surface area contributed by atoms with E-state index in [0.717, 1.165) is 9.79 Å². The molecule has 0 unspecified atom stereocenters. The van der Waals surface area contributed by atoms with Crippen molar-refractivity contribution in [3.8, 4) is 6.07 Å². The van der Waals surface area contributed by atoms with Gasteiger partial charge in [-0.1, -0.05) is 36.0 Å². The molecule has 71 valence electrons. The van der Waals surface area contributed by atoms with Gasteiger partial charge in [-0.25, -0.2) is 0 Å². The molecule has 0 saturated carbocycles. The normalized spacial score (nSPS) is 9.53. The molecule has 2 rings (SSSR count). The monoisotopic (exact) mass is 210 g/mol. The predicted octanol–water partition coefficient (Wildman–Crippen LogP) is 3.51. The highest BCUT2D eigenvalue weighted by Gasteiger charge is 1.97. The Kier molecular flexibility index (Phi) is 3.06. The molecule has 0 aromatic heterocycles. The highest BCUT2D eigenvalue weighted by Crippen LogP contribution is 2.27. The number of benzene rings is 2. The number of nitriles is 1. The largest absolute Gasteiger partial charge is 0.192 e. The van der Waals surface area contributed by atoms with E-state index in [1.165, 1.54) is 0 Å².